The van der Waals surface area contributed by atoms with Gasteiger partial charge in [-0.25, -0.2) is 4.39 Å². The van der Waals surface area contributed by atoms with E-state index in [4.69, 9.17) is 0 Å². The molecular formula is C24H26FN3O. The standard InChI is InChI=1S/C24H26FN3O/c25-12-16-3-4-22-19(10-16)20-14-27-9-1-2-18(27)11-23(20)28(22)15-24(29)7-5-17-13-26-8-6-21(17)24/h3-4,6,8,10,13,18,29H,1-2,5,7,9,11-12,14-15H2. The van der Waals surface area contributed by atoms with Crippen molar-refractivity contribution in [1.82, 2.24) is 14.5 Å². The quantitative estimate of drug-likeness (QED) is 0.737. The summed E-state index contributed by atoms with van der Waals surface area (Å²) >= 11 is 0. The lowest BCUT2D eigenvalue weighted by molar-refractivity contribution is 0.0203. The molecule has 1 aromatic carbocycles. The highest BCUT2D eigenvalue weighted by Crippen LogP contribution is 2.42. The number of hydrogen-bond donors (Lipinski definition) is 1. The van der Waals surface area contributed by atoms with Crippen LogP contribution in [0, 0.1) is 0 Å². The summed E-state index contributed by atoms with van der Waals surface area (Å²) in [5.74, 6) is 0. The number of rotatable bonds is 3. The molecule has 0 saturated carbocycles. The van der Waals surface area contributed by atoms with E-state index in [0.29, 0.717) is 12.6 Å². The fourth-order valence-electron chi connectivity index (χ4n) is 5.94. The average Bonchev–Trinajstić information content (AvgIpc) is 3.42. The average molecular weight is 391 g/mol. The zero-order chi connectivity index (χ0) is 19.6. The summed E-state index contributed by atoms with van der Waals surface area (Å²) in [6, 6.07) is 8.54. The van der Waals surface area contributed by atoms with Gasteiger partial charge < -0.3 is 9.67 Å². The first-order valence-corrected chi connectivity index (χ1v) is 10.7. The van der Waals surface area contributed by atoms with Crippen molar-refractivity contribution in [1.29, 1.82) is 0 Å². The molecule has 6 rings (SSSR count). The fourth-order valence-corrected chi connectivity index (χ4v) is 5.94. The van der Waals surface area contributed by atoms with E-state index in [1.165, 1.54) is 24.1 Å². The van der Waals surface area contributed by atoms with E-state index in [1.807, 2.05) is 24.4 Å². The second kappa shape index (κ2) is 6.38. The molecule has 5 heteroatoms. The number of alkyl halides is 1. The summed E-state index contributed by atoms with van der Waals surface area (Å²) < 4.78 is 15.7. The molecule has 1 saturated heterocycles. The maximum absolute atomic E-state index is 13.4. The minimum absolute atomic E-state index is 0.438. The van der Waals surface area contributed by atoms with Crippen molar-refractivity contribution in [3.8, 4) is 0 Å². The largest absolute Gasteiger partial charge is 0.383 e. The molecule has 3 aliphatic rings. The molecule has 2 unspecified atom stereocenters. The van der Waals surface area contributed by atoms with Gasteiger partial charge >= 0.3 is 0 Å². The van der Waals surface area contributed by atoms with Crippen molar-refractivity contribution < 1.29 is 9.50 Å². The maximum Gasteiger partial charge on any atom is 0.115 e. The number of aromatic nitrogens is 2. The molecule has 0 bridgehead atoms. The van der Waals surface area contributed by atoms with E-state index in [1.54, 1.807) is 6.20 Å². The predicted molar refractivity (Wildman–Crippen MR) is 110 cm³/mol. The van der Waals surface area contributed by atoms with Crippen LogP contribution >= 0.6 is 0 Å². The Morgan fingerprint density at radius 2 is 2.21 bits per heavy atom. The molecule has 1 fully saturated rings. The molecule has 1 aliphatic carbocycles. The number of nitrogens with zero attached hydrogens (tertiary/aromatic N) is 3. The molecule has 0 amide bonds. The zero-order valence-corrected chi connectivity index (χ0v) is 16.6. The lowest BCUT2D eigenvalue weighted by Gasteiger charge is -2.32. The lowest BCUT2D eigenvalue weighted by atomic mass is 9.95. The molecule has 0 radical (unpaired) electrons. The van der Waals surface area contributed by atoms with Crippen molar-refractivity contribution in [2.45, 2.75) is 63.5 Å². The van der Waals surface area contributed by atoms with Gasteiger partial charge in [0.05, 0.1) is 6.54 Å². The molecule has 0 spiro atoms. The Labute approximate surface area is 170 Å². The van der Waals surface area contributed by atoms with Gasteiger partial charge in [-0.1, -0.05) is 6.07 Å². The van der Waals surface area contributed by atoms with E-state index >= 15 is 0 Å². The van der Waals surface area contributed by atoms with Crippen molar-refractivity contribution in [3.05, 3.63) is 64.6 Å². The summed E-state index contributed by atoms with van der Waals surface area (Å²) in [4.78, 5) is 6.82. The Kier molecular flexibility index (Phi) is 3.87. The molecule has 2 aromatic heterocycles. The van der Waals surface area contributed by atoms with E-state index in [2.05, 4.69) is 20.5 Å². The third-order valence-corrected chi connectivity index (χ3v) is 7.43. The van der Waals surface area contributed by atoms with Gasteiger partial charge in [-0.15, -0.1) is 0 Å². The van der Waals surface area contributed by atoms with Crippen LogP contribution in [0.2, 0.25) is 0 Å². The second-order valence-electron chi connectivity index (χ2n) is 9.03. The van der Waals surface area contributed by atoms with Crippen LogP contribution < -0.4 is 0 Å². The van der Waals surface area contributed by atoms with Gasteiger partial charge in [-0.3, -0.25) is 9.88 Å². The number of aryl methyl sites for hydroxylation is 1. The molecular weight excluding hydrogens is 365 g/mol. The molecule has 1 N–H and O–H groups in total. The highest BCUT2D eigenvalue weighted by molar-refractivity contribution is 5.86. The summed E-state index contributed by atoms with van der Waals surface area (Å²) in [5.41, 5.74) is 5.84. The Morgan fingerprint density at radius 1 is 1.28 bits per heavy atom. The molecule has 4 nitrogen and oxygen atoms in total. The second-order valence-corrected chi connectivity index (χ2v) is 9.03. The maximum atomic E-state index is 13.4. The molecule has 2 aliphatic heterocycles. The lowest BCUT2D eigenvalue weighted by Crippen LogP contribution is -2.37. The van der Waals surface area contributed by atoms with Gasteiger partial charge in [0.15, 0.2) is 0 Å². The fraction of sp³-hybridized carbons (Fsp3) is 0.458. The Balaban J connectivity index is 1.50. The number of aliphatic hydroxyl groups is 1. The minimum Gasteiger partial charge on any atom is -0.383 e. The number of hydrogen-bond acceptors (Lipinski definition) is 3. The Bertz CT molecular complexity index is 1110. The first kappa shape index (κ1) is 17.6. The molecule has 150 valence electrons. The highest BCUT2D eigenvalue weighted by Gasteiger charge is 2.40. The monoisotopic (exact) mass is 391 g/mol. The first-order chi connectivity index (χ1) is 14.2. The van der Waals surface area contributed by atoms with Gasteiger partial charge in [-0.2, -0.15) is 0 Å². The van der Waals surface area contributed by atoms with E-state index in [-0.39, 0.29) is 0 Å². The van der Waals surface area contributed by atoms with Crippen LogP contribution in [0.3, 0.4) is 0 Å². The highest BCUT2D eigenvalue weighted by atomic mass is 19.1. The van der Waals surface area contributed by atoms with Crippen LogP contribution in [0.4, 0.5) is 4.39 Å². The summed E-state index contributed by atoms with van der Waals surface area (Å²) in [7, 11) is 0. The Hall–Kier alpha value is -2.24. The van der Waals surface area contributed by atoms with Gasteiger partial charge in [0.25, 0.3) is 0 Å². The predicted octanol–water partition coefficient (Wildman–Crippen LogP) is 3.86. The van der Waals surface area contributed by atoms with Crippen LogP contribution in [0.1, 0.15) is 47.2 Å². The van der Waals surface area contributed by atoms with Gasteiger partial charge in [0.2, 0.25) is 0 Å². The van der Waals surface area contributed by atoms with Gasteiger partial charge in [-0.05, 0) is 72.7 Å². The van der Waals surface area contributed by atoms with E-state index in [9.17, 15) is 9.50 Å². The van der Waals surface area contributed by atoms with Crippen molar-refractivity contribution in [2.75, 3.05) is 6.54 Å². The van der Waals surface area contributed by atoms with Crippen LogP contribution in [0.15, 0.2) is 36.7 Å². The molecule has 3 aromatic rings. The normalized spacial score (nSPS) is 25.9. The van der Waals surface area contributed by atoms with Crippen LogP contribution in [0.25, 0.3) is 10.9 Å². The number of halogens is 1. The summed E-state index contributed by atoms with van der Waals surface area (Å²) in [5, 5.41) is 12.8. The van der Waals surface area contributed by atoms with Gasteiger partial charge in [0.1, 0.15) is 12.3 Å². The third-order valence-electron chi connectivity index (χ3n) is 7.43. The number of fused-ring (bicyclic) bond motifs is 5. The van der Waals surface area contributed by atoms with E-state index < -0.39 is 12.3 Å². The van der Waals surface area contributed by atoms with Crippen molar-refractivity contribution in [2.24, 2.45) is 0 Å². The molecule has 4 heterocycles. The topological polar surface area (TPSA) is 41.3 Å². The smallest absolute Gasteiger partial charge is 0.115 e. The van der Waals surface area contributed by atoms with Gasteiger partial charge in [0, 0.05) is 48.0 Å². The molecule has 29 heavy (non-hydrogen) atoms. The van der Waals surface area contributed by atoms with Crippen molar-refractivity contribution >= 4 is 10.9 Å². The number of benzene rings is 1. The summed E-state index contributed by atoms with van der Waals surface area (Å²) in [6.45, 7) is 2.21. The van der Waals surface area contributed by atoms with Crippen LogP contribution in [0.5, 0.6) is 0 Å². The van der Waals surface area contributed by atoms with Crippen LogP contribution in [-0.2, 0) is 38.2 Å². The van der Waals surface area contributed by atoms with Crippen molar-refractivity contribution in [3.63, 3.8) is 0 Å². The minimum atomic E-state index is -0.871. The Morgan fingerprint density at radius 3 is 3.10 bits per heavy atom. The van der Waals surface area contributed by atoms with E-state index in [0.717, 1.165) is 59.9 Å². The van der Waals surface area contributed by atoms with Crippen LogP contribution in [-0.4, -0.2) is 32.1 Å². The first-order valence-electron chi connectivity index (χ1n) is 10.7. The zero-order valence-electron chi connectivity index (χ0n) is 16.6. The third kappa shape index (κ3) is 2.60. The summed E-state index contributed by atoms with van der Waals surface area (Å²) in [6.07, 6.45) is 8.78. The molecule has 2 atom stereocenters. The number of pyridine rings is 1. The SMILES string of the molecule is OC1(Cn2c3c(c4cc(CF)ccc42)CN2CCCC2C3)CCc2cnccc21.